The number of carbonyl (C=O) groups is 1. The molecule has 0 radical (unpaired) electrons. The largest absolute Gasteiger partial charge is 0.407 e. The molecule has 3 aromatic rings. The molecule has 36 heavy (non-hydrogen) atoms. The number of nitrogens with zero attached hydrogens (tertiary/aromatic N) is 3. The van der Waals surface area contributed by atoms with E-state index in [4.69, 9.17) is 4.42 Å². The van der Waals surface area contributed by atoms with E-state index in [0.29, 0.717) is 6.54 Å². The van der Waals surface area contributed by atoms with Gasteiger partial charge in [0.15, 0.2) is 9.84 Å². The first-order valence-electron chi connectivity index (χ1n) is 11.6. The highest BCUT2D eigenvalue weighted by Gasteiger charge is 2.32. The van der Waals surface area contributed by atoms with Crippen molar-refractivity contribution in [3.63, 3.8) is 0 Å². The summed E-state index contributed by atoms with van der Waals surface area (Å²) in [4.78, 5) is 13.0. The molecule has 1 fully saturated rings. The molecule has 0 aliphatic carbocycles. The highest BCUT2D eigenvalue weighted by atomic mass is 32.2. The average molecular weight is 533 g/mol. The molecular formula is C24H28N4O6S2. The van der Waals surface area contributed by atoms with Crippen molar-refractivity contribution in [2.24, 2.45) is 0 Å². The van der Waals surface area contributed by atoms with Crippen LogP contribution in [-0.4, -0.2) is 56.1 Å². The zero-order valence-corrected chi connectivity index (χ0v) is 21.7. The van der Waals surface area contributed by atoms with E-state index < -0.39 is 25.8 Å². The van der Waals surface area contributed by atoms with Gasteiger partial charge in [0.05, 0.1) is 16.2 Å². The lowest BCUT2D eigenvalue weighted by Gasteiger charge is -2.34. The average Bonchev–Trinajstić information content (AvgIpc) is 3.30. The Bertz CT molecular complexity index is 1430. The molecule has 0 spiro atoms. The number of sulfonamides is 1. The van der Waals surface area contributed by atoms with E-state index in [1.807, 2.05) is 6.92 Å². The molecule has 1 atom stereocenters. The van der Waals surface area contributed by atoms with Gasteiger partial charge in [0, 0.05) is 24.4 Å². The van der Waals surface area contributed by atoms with Gasteiger partial charge in [-0.1, -0.05) is 30.6 Å². The molecular weight excluding hydrogens is 504 g/mol. The first-order valence-corrected chi connectivity index (χ1v) is 15.0. The van der Waals surface area contributed by atoms with Crippen molar-refractivity contribution in [1.82, 2.24) is 14.5 Å². The SMILES string of the molecule is CCC1CCCCN1S(=O)(=O)c1ccc(C(=O)Nc2nnc(Cc3ccc(S(C)(=O)=O)cc3)o2)cc1. The van der Waals surface area contributed by atoms with Crippen molar-refractivity contribution in [2.75, 3.05) is 18.1 Å². The fourth-order valence-corrected chi connectivity index (χ4v) is 6.58. The second kappa shape index (κ2) is 10.5. The molecule has 1 unspecified atom stereocenters. The van der Waals surface area contributed by atoms with Gasteiger partial charge in [0.1, 0.15) is 0 Å². The maximum Gasteiger partial charge on any atom is 0.322 e. The van der Waals surface area contributed by atoms with E-state index in [1.165, 1.54) is 36.4 Å². The van der Waals surface area contributed by atoms with Gasteiger partial charge in [-0.15, -0.1) is 5.10 Å². The van der Waals surface area contributed by atoms with Crippen LogP contribution in [0.25, 0.3) is 0 Å². The zero-order chi connectivity index (χ0) is 25.9. The fourth-order valence-electron chi connectivity index (χ4n) is 4.19. The summed E-state index contributed by atoms with van der Waals surface area (Å²) in [5.41, 5.74) is 1.01. The lowest BCUT2D eigenvalue weighted by atomic mass is 10.0. The molecule has 2 aromatic carbocycles. The van der Waals surface area contributed by atoms with Crippen LogP contribution < -0.4 is 5.32 Å². The molecule has 0 bridgehead atoms. The number of anilines is 1. The number of carbonyl (C=O) groups excluding carboxylic acids is 1. The quantitative estimate of drug-likeness (QED) is 0.466. The predicted octanol–water partition coefficient (Wildman–Crippen LogP) is 3.27. The van der Waals surface area contributed by atoms with Crippen LogP contribution in [0.1, 0.15) is 54.4 Å². The van der Waals surface area contributed by atoms with E-state index in [0.717, 1.165) is 37.5 Å². The maximum absolute atomic E-state index is 13.1. The Labute approximate surface area is 210 Å². The summed E-state index contributed by atoms with van der Waals surface area (Å²) in [7, 11) is -6.92. The Morgan fingerprint density at radius 1 is 1.00 bits per heavy atom. The minimum Gasteiger partial charge on any atom is -0.407 e. The van der Waals surface area contributed by atoms with Crippen LogP contribution in [0.3, 0.4) is 0 Å². The highest BCUT2D eigenvalue weighted by molar-refractivity contribution is 7.90. The molecule has 1 N–H and O–H groups in total. The van der Waals surface area contributed by atoms with Crippen LogP contribution in [0.2, 0.25) is 0 Å². The molecule has 0 saturated carbocycles. The third-order valence-corrected chi connectivity index (χ3v) is 9.26. The summed E-state index contributed by atoms with van der Waals surface area (Å²) in [5, 5.41) is 10.2. The van der Waals surface area contributed by atoms with E-state index in [9.17, 15) is 21.6 Å². The van der Waals surface area contributed by atoms with Crippen LogP contribution in [0.5, 0.6) is 0 Å². The van der Waals surface area contributed by atoms with Crippen molar-refractivity contribution < 1.29 is 26.0 Å². The molecule has 2 heterocycles. The summed E-state index contributed by atoms with van der Waals surface area (Å²) in [6.07, 6.45) is 4.88. The standard InChI is InChI=1S/C24H28N4O6S2/c1-3-19-6-4-5-15-28(19)36(32,33)21-13-9-18(10-14-21)23(29)25-24-27-26-22(34-24)16-17-7-11-20(12-8-17)35(2,30)31/h7-14,19H,3-6,15-16H2,1-2H3,(H,25,27,29). The molecule has 1 aliphatic rings. The van der Waals surface area contributed by atoms with E-state index in [-0.39, 0.29) is 39.7 Å². The van der Waals surface area contributed by atoms with Crippen molar-refractivity contribution in [3.8, 4) is 0 Å². The number of hydrogen-bond acceptors (Lipinski definition) is 8. The lowest BCUT2D eigenvalue weighted by Crippen LogP contribution is -2.43. The number of amides is 1. The Hall–Kier alpha value is -3.09. The number of piperidine rings is 1. The van der Waals surface area contributed by atoms with Crippen LogP contribution in [0.15, 0.2) is 62.7 Å². The zero-order valence-electron chi connectivity index (χ0n) is 20.0. The monoisotopic (exact) mass is 532 g/mol. The van der Waals surface area contributed by atoms with E-state index in [2.05, 4.69) is 15.5 Å². The second-order valence-electron chi connectivity index (χ2n) is 8.75. The Balaban J connectivity index is 1.40. The molecule has 1 aliphatic heterocycles. The van der Waals surface area contributed by atoms with Gasteiger partial charge in [-0.05, 0) is 61.2 Å². The Morgan fingerprint density at radius 2 is 1.67 bits per heavy atom. The van der Waals surface area contributed by atoms with Crippen molar-refractivity contribution in [1.29, 1.82) is 0 Å². The first-order chi connectivity index (χ1) is 17.1. The summed E-state index contributed by atoms with van der Waals surface area (Å²) < 4.78 is 56.4. The number of rotatable bonds is 8. The van der Waals surface area contributed by atoms with Crippen LogP contribution in [0.4, 0.5) is 6.01 Å². The third-order valence-electron chi connectivity index (χ3n) is 6.16. The number of sulfone groups is 1. The lowest BCUT2D eigenvalue weighted by molar-refractivity contribution is 0.102. The topological polar surface area (TPSA) is 140 Å². The van der Waals surface area contributed by atoms with E-state index >= 15 is 0 Å². The van der Waals surface area contributed by atoms with Gasteiger partial charge in [0.25, 0.3) is 5.91 Å². The number of benzene rings is 2. The third kappa shape index (κ3) is 5.82. The van der Waals surface area contributed by atoms with Crippen LogP contribution in [0, 0.1) is 0 Å². The highest BCUT2D eigenvalue weighted by Crippen LogP contribution is 2.27. The van der Waals surface area contributed by atoms with Gasteiger partial charge in [0.2, 0.25) is 15.9 Å². The molecule has 12 heteroatoms. The van der Waals surface area contributed by atoms with Gasteiger partial charge < -0.3 is 4.42 Å². The normalized spacial score (nSPS) is 17.1. The number of aromatic nitrogens is 2. The van der Waals surface area contributed by atoms with Gasteiger partial charge in [-0.3, -0.25) is 10.1 Å². The molecule has 1 amide bonds. The Morgan fingerprint density at radius 3 is 2.31 bits per heavy atom. The summed E-state index contributed by atoms with van der Waals surface area (Å²) in [6, 6.07) is 12.0. The maximum atomic E-state index is 13.1. The molecule has 10 nitrogen and oxygen atoms in total. The summed E-state index contributed by atoms with van der Waals surface area (Å²) in [5.74, 6) is -0.276. The van der Waals surface area contributed by atoms with Gasteiger partial charge in [-0.2, -0.15) is 4.31 Å². The van der Waals surface area contributed by atoms with Crippen LogP contribution in [-0.2, 0) is 26.3 Å². The van der Waals surface area contributed by atoms with Gasteiger partial charge >= 0.3 is 6.01 Å². The van der Waals surface area contributed by atoms with Gasteiger partial charge in [-0.25, -0.2) is 16.8 Å². The van der Waals surface area contributed by atoms with Crippen molar-refractivity contribution in [2.45, 2.75) is 54.9 Å². The summed E-state index contributed by atoms with van der Waals surface area (Å²) >= 11 is 0. The molecule has 192 valence electrons. The minimum absolute atomic E-state index is 0.00364. The smallest absolute Gasteiger partial charge is 0.322 e. The van der Waals surface area contributed by atoms with Crippen molar-refractivity contribution in [3.05, 3.63) is 65.5 Å². The minimum atomic E-state index is -3.63. The second-order valence-corrected chi connectivity index (χ2v) is 12.7. The predicted molar refractivity (Wildman–Crippen MR) is 133 cm³/mol. The fraction of sp³-hybridized carbons (Fsp3) is 0.375. The Kier molecular flexibility index (Phi) is 7.57. The first kappa shape index (κ1) is 26.0. The molecule has 4 rings (SSSR count). The summed E-state index contributed by atoms with van der Waals surface area (Å²) in [6.45, 7) is 2.49. The number of nitrogens with one attached hydrogen (secondary N) is 1. The van der Waals surface area contributed by atoms with Crippen molar-refractivity contribution >= 4 is 31.8 Å². The molecule has 1 saturated heterocycles. The molecule has 1 aromatic heterocycles. The number of hydrogen-bond donors (Lipinski definition) is 1. The van der Waals surface area contributed by atoms with E-state index in [1.54, 1.807) is 16.4 Å². The van der Waals surface area contributed by atoms with Crippen LogP contribution >= 0.6 is 0 Å².